The number of benzene rings is 9. The van der Waals surface area contributed by atoms with E-state index >= 15 is 0 Å². The molecular weight excluding hydrogens is 705 g/mol. The van der Waals surface area contributed by atoms with Crippen LogP contribution in [0.3, 0.4) is 0 Å². The molecular formula is C54H40N4. The summed E-state index contributed by atoms with van der Waals surface area (Å²) >= 11 is 0. The Balaban J connectivity index is 1.20. The number of fused-ring (bicyclic) bond motifs is 3. The first-order valence-corrected chi connectivity index (χ1v) is 19.7. The van der Waals surface area contributed by atoms with E-state index in [1.807, 2.05) is 0 Å². The maximum atomic E-state index is 2.39. The van der Waals surface area contributed by atoms with Crippen LogP contribution in [0, 0.1) is 0 Å². The Morgan fingerprint density at radius 2 is 0.552 bits per heavy atom. The van der Waals surface area contributed by atoms with Crippen molar-refractivity contribution in [2.75, 3.05) is 14.7 Å². The predicted octanol–water partition coefficient (Wildman–Crippen LogP) is 15.2. The van der Waals surface area contributed by atoms with E-state index in [4.69, 9.17) is 0 Å². The zero-order chi connectivity index (χ0) is 38.7. The fourth-order valence-corrected chi connectivity index (χ4v) is 8.15. The molecule has 1 heterocycles. The average molecular weight is 745 g/mol. The molecule has 10 aromatic rings. The standard InChI is InChI=1S/C54H40N4/c1-6-20-41(21-7-1)55(42-22-8-2-9-23-42)46-30-18-32-48(38-46)57(49-33-19-31-47(39-49)56(43-24-10-3-11-25-43)44-26-12-4-13-27-44)50-36-37-52-51-34-16-17-35-53(51)58(54(52)40-50)45-28-14-5-15-29-45/h1-40H. The van der Waals surface area contributed by atoms with E-state index in [2.05, 4.69) is 262 Å². The number of nitrogens with zero attached hydrogens (tertiary/aromatic N) is 4. The van der Waals surface area contributed by atoms with Gasteiger partial charge in [0.2, 0.25) is 0 Å². The summed E-state index contributed by atoms with van der Waals surface area (Å²) in [6.45, 7) is 0. The predicted molar refractivity (Wildman–Crippen MR) is 245 cm³/mol. The highest BCUT2D eigenvalue weighted by molar-refractivity contribution is 6.10. The lowest BCUT2D eigenvalue weighted by molar-refractivity contribution is 1.18. The highest BCUT2D eigenvalue weighted by Gasteiger charge is 2.21. The molecule has 0 N–H and O–H groups in total. The first-order valence-electron chi connectivity index (χ1n) is 19.7. The minimum absolute atomic E-state index is 1.04. The summed E-state index contributed by atoms with van der Waals surface area (Å²) in [4.78, 5) is 7.03. The topological polar surface area (TPSA) is 14.7 Å². The highest BCUT2D eigenvalue weighted by atomic mass is 15.2. The van der Waals surface area contributed by atoms with Gasteiger partial charge in [-0.1, -0.05) is 127 Å². The Labute approximate surface area is 339 Å². The molecule has 58 heavy (non-hydrogen) atoms. The van der Waals surface area contributed by atoms with Gasteiger partial charge in [0.05, 0.1) is 11.0 Å². The molecule has 0 radical (unpaired) electrons. The molecule has 0 amide bonds. The van der Waals surface area contributed by atoms with Gasteiger partial charge in [0.1, 0.15) is 0 Å². The van der Waals surface area contributed by atoms with E-state index in [-0.39, 0.29) is 0 Å². The summed E-state index contributed by atoms with van der Waals surface area (Å²) < 4.78 is 2.39. The van der Waals surface area contributed by atoms with Crippen molar-refractivity contribution in [2.24, 2.45) is 0 Å². The van der Waals surface area contributed by atoms with Crippen LogP contribution in [0.15, 0.2) is 243 Å². The molecule has 1 aromatic heterocycles. The van der Waals surface area contributed by atoms with Crippen LogP contribution in [0.4, 0.5) is 51.2 Å². The van der Waals surface area contributed by atoms with E-state index in [0.29, 0.717) is 0 Å². The minimum Gasteiger partial charge on any atom is -0.310 e. The van der Waals surface area contributed by atoms with E-state index < -0.39 is 0 Å². The van der Waals surface area contributed by atoms with Gasteiger partial charge in [0, 0.05) is 67.6 Å². The molecule has 4 nitrogen and oxygen atoms in total. The highest BCUT2D eigenvalue weighted by Crippen LogP contribution is 2.44. The third-order valence-electron chi connectivity index (χ3n) is 10.7. The van der Waals surface area contributed by atoms with Crippen molar-refractivity contribution in [1.29, 1.82) is 0 Å². The number of rotatable bonds is 10. The van der Waals surface area contributed by atoms with Crippen LogP contribution in [-0.2, 0) is 0 Å². The number of hydrogen-bond acceptors (Lipinski definition) is 3. The number of hydrogen-bond donors (Lipinski definition) is 0. The first kappa shape index (κ1) is 34.7. The van der Waals surface area contributed by atoms with Crippen molar-refractivity contribution >= 4 is 73.0 Å². The van der Waals surface area contributed by atoms with Gasteiger partial charge in [0.25, 0.3) is 0 Å². The second kappa shape index (κ2) is 15.4. The van der Waals surface area contributed by atoms with Gasteiger partial charge in [-0.05, 0) is 115 Å². The van der Waals surface area contributed by atoms with Crippen LogP contribution >= 0.6 is 0 Å². The van der Waals surface area contributed by atoms with Crippen LogP contribution in [0.5, 0.6) is 0 Å². The maximum absolute atomic E-state index is 2.39. The molecule has 0 unspecified atom stereocenters. The van der Waals surface area contributed by atoms with E-state index in [0.717, 1.165) is 62.4 Å². The number of anilines is 9. The van der Waals surface area contributed by atoms with E-state index in [1.165, 1.54) is 16.3 Å². The summed E-state index contributed by atoms with van der Waals surface area (Å²) in [5, 5.41) is 2.44. The molecule has 0 aliphatic carbocycles. The first-order chi connectivity index (χ1) is 28.8. The molecule has 9 aromatic carbocycles. The fraction of sp³-hybridized carbons (Fsp3) is 0. The molecule has 10 rings (SSSR count). The molecule has 0 spiro atoms. The Hall–Kier alpha value is -7.82. The second-order valence-electron chi connectivity index (χ2n) is 14.3. The van der Waals surface area contributed by atoms with E-state index in [9.17, 15) is 0 Å². The second-order valence-corrected chi connectivity index (χ2v) is 14.3. The quantitative estimate of drug-likeness (QED) is 0.139. The molecule has 276 valence electrons. The fourth-order valence-electron chi connectivity index (χ4n) is 8.15. The molecule has 4 heteroatoms. The third kappa shape index (κ3) is 6.53. The summed E-state index contributed by atoms with van der Waals surface area (Å²) in [7, 11) is 0. The normalized spacial score (nSPS) is 11.1. The third-order valence-corrected chi connectivity index (χ3v) is 10.7. The van der Waals surface area contributed by atoms with E-state index in [1.54, 1.807) is 0 Å². The van der Waals surface area contributed by atoms with Crippen molar-refractivity contribution in [3.63, 3.8) is 0 Å². The number of aromatic nitrogens is 1. The average Bonchev–Trinajstić information content (AvgIpc) is 3.62. The van der Waals surface area contributed by atoms with Crippen LogP contribution in [0.2, 0.25) is 0 Å². The molecule has 0 bridgehead atoms. The van der Waals surface area contributed by atoms with Gasteiger partial charge >= 0.3 is 0 Å². The van der Waals surface area contributed by atoms with Crippen molar-refractivity contribution in [3.8, 4) is 5.69 Å². The van der Waals surface area contributed by atoms with Crippen LogP contribution in [-0.4, -0.2) is 4.57 Å². The van der Waals surface area contributed by atoms with Crippen LogP contribution in [0.1, 0.15) is 0 Å². The summed E-state index contributed by atoms with van der Waals surface area (Å²) in [5.41, 5.74) is 13.1. The minimum atomic E-state index is 1.04. The van der Waals surface area contributed by atoms with Crippen molar-refractivity contribution in [1.82, 2.24) is 4.57 Å². The lowest BCUT2D eigenvalue weighted by Gasteiger charge is -2.31. The van der Waals surface area contributed by atoms with Gasteiger partial charge in [0.15, 0.2) is 0 Å². The Bertz CT molecular complexity index is 2740. The molecule has 0 fully saturated rings. The van der Waals surface area contributed by atoms with Gasteiger partial charge in [-0.25, -0.2) is 0 Å². The molecule has 0 atom stereocenters. The monoisotopic (exact) mass is 744 g/mol. The Morgan fingerprint density at radius 1 is 0.224 bits per heavy atom. The van der Waals surface area contributed by atoms with Gasteiger partial charge in [-0.3, -0.25) is 0 Å². The summed E-state index contributed by atoms with van der Waals surface area (Å²) in [6.07, 6.45) is 0. The zero-order valence-electron chi connectivity index (χ0n) is 31.9. The van der Waals surface area contributed by atoms with Crippen LogP contribution in [0.25, 0.3) is 27.5 Å². The van der Waals surface area contributed by atoms with Crippen molar-refractivity contribution in [2.45, 2.75) is 0 Å². The lowest BCUT2D eigenvalue weighted by atomic mass is 10.1. The maximum Gasteiger partial charge on any atom is 0.0561 e. The SMILES string of the molecule is c1ccc(N(c2ccccc2)c2cccc(N(c3cccc(N(c4ccccc4)c4ccccc4)c3)c3ccc4c5ccccc5n(-c5ccccc5)c4c3)c2)cc1. The summed E-state index contributed by atoms with van der Waals surface area (Å²) in [5.74, 6) is 0. The van der Waals surface area contributed by atoms with Crippen molar-refractivity contribution in [3.05, 3.63) is 243 Å². The van der Waals surface area contributed by atoms with Crippen molar-refractivity contribution < 1.29 is 0 Å². The molecule has 0 aliphatic rings. The molecule has 0 saturated carbocycles. The summed E-state index contributed by atoms with van der Waals surface area (Å²) in [6, 6.07) is 86.4. The van der Waals surface area contributed by atoms with Gasteiger partial charge in [-0.15, -0.1) is 0 Å². The largest absolute Gasteiger partial charge is 0.310 e. The lowest BCUT2D eigenvalue weighted by Crippen LogP contribution is -2.14. The molecule has 0 aliphatic heterocycles. The Kier molecular flexibility index (Phi) is 9.18. The molecule has 0 saturated heterocycles. The van der Waals surface area contributed by atoms with Gasteiger partial charge < -0.3 is 19.3 Å². The zero-order valence-corrected chi connectivity index (χ0v) is 31.9. The Morgan fingerprint density at radius 3 is 1.00 bits per heavy atom. The van der Waals surface area contributed by atoms with Gasteiger partial charge in [-0.2, -0.15) is 0 Å². The smallest absolute Gasteiger partial charge is 0.0561 e. The van der Waals surface area contributed by atoms with Crippen LogP contribution < -0.4 is 14.7 Å². The number of para-hydroxylation sites is 6.